The molecule has 5 rings (SSSR count). The highest BCUT2D eigenvalue weighted by Gasteiger charge is 2.41. The molecule has 0 saturated carbocycles. The Kier molecular flexibility index (Phi) is 23.1. The summed E-state index contributed by atoms with van der Waals surface area (Å²) in [6.45, 7) is 6.44. The van der Waals surface area contributed by atoms with Crippen molar-refractivity contribution in [2.24, 2.45) is 5.73 Å². The van der Waals surface area contributed by atoms with Gasteiger partial charge in [-0.1, -0.05) is 66.2 Å². The SMILES string of the molecule is CC(C=O)NC(=O)C1CCCCN1C(=O)C1CCCN1C(=O)CCOC(=O)C1CCCN1C.CNCC(N)=O.Cc1ccccc1.O=CNCCc1ccccc1. The lowest BCUT2D eigenvalue weighted by atomic mass is 9.99. The number of benzene rings is 2. The molecule has 3 fully saturated rings. The van der Waals surface area contributed by atoms with Crippen molar-refractivity contribution in [3.8, 4) is 0 Å². The fourth-order valence-electron chi connectivity index (χ4n) is 6.65. The Hall–Kier alpha value is -5.15. The number of aryl methyl sites for hydroxylation is 1. The van der Waals surface area contributed by atoms with Gasteiger partial charge in [-0.25, -0.2) is 0 Å². The Labute approximate surface area is 337 Å². The van der Waals surface area contributed by atoms with Crippen LogP contribution < -0.4 is 21.7 Å². The van der Waals surface area contributed by atoms with Crippen molar-refractivity contribution < 1.29 is 38.3 Å². The fraction of sp³-hybridized carbons (Fsp3) is 0.548. The van der Waals surface area contributed by atoms with E-state index < -0.39 is 18.1 Å². The van der Waals surface area contributed by atoms with E-state index in [1.54, 1.807) is 23.8 Å². The average molecular weight is 794 g/mol. The number of carbonyl (C=O) groups excluding carboxylic acids is 7. The quantitative estimate of drug-likeness (QED) is 0.124. The molecule has 0 aliphatic carbocycles. The highest BCUT2D eigenvalue weighted by Crippen LogP contribution is 2.25. The second-order valence-corrected chi connectivity index (χ2v) is 14.2. The van der Waals surface area contributed by atoms with Gasteiger partial charge in [0, 0.05) is 19.6 Å². The maximum atomic E-state index is 13.4. The predicted molar refractivity (Wildman–Crippen MR) is 217 cm³/mol. The van der Waals surface area contributed by atoms with Gasteiger partial charge >= 0.3 is 5.97 Å². The number of esters is 1. The number of piperidine rings is 1. The van der Waals surface area contributed by atoms with Crippen molar-refractivity contribution in [2.45, 2.75) is 95.8 Å². The number of likely N-dealkylation sites (tertiary alicyclic amines) is 3. The van der Waals surface area contributed by atoms with E-state index in [0.717, 1.165) is 45.1 Å². The van der Waals surface area contributed by atoms with Crippen LogP contribution in [-0.2, 0) is 44.7 Å². The molecule has 5 N–H and O–H groups in total. The molecular formula is C42H63N7O8. The maximum Gasteiger partial charge on any atom is 0.323 e. The smallest absolute Gasteiger partial charge is 0.323 e. The summed E-state index contributed by atoms with van der Waals surface area (Å²) >= 11 is 0. The maximum absolute atomic E-state index is 13.4. The van der Waals surface area contributed by atoms with E-state index in [9.17, 15) is 33.6 Å². The van der Waals surface area contributed by atoms with E-state index in [-0.39, 0.29) is 55.2 Å². The molecule has 3 heterocycles. The number of ether oxygens (including phenoxy) is 1. The van der Waals surface area contributed by atoms with Crippen LogP contribution in [0.4, 0.5) is 0 Å². The summed E-state index contributed by atoms with van der Waals surface area (Å²) in [6, 6.07) is 18.2. The topological polar surface area (TPSA) is 201 Å². The number of rotatable bonds is 14. The molecule has 15 nitrogen and oxygen atoms in total. The number of amides is 5. The van der Waals surface area contributed by atoms with Crippen LogP contribution in [0.3, 0.4) is 0 Å². The molecule has 15 heteroatoms. The van der Waals surface area contributed by atoms with Crippen molar-refractivity contribution in [3.63, 3.8) is 0 Å². The number of nitrogens with one attached hydrogen (secondary N) is 3. The third-order valence-corrected chi connectivity index (χ3v) is 9.65. The first kappa shape index (κ1) is 48.0. The van der Waals surface area contributed by atoms with Crippen LogP contribution >= 0.6 is 0 Å². The molecule has 0 radical (unpaired) electrons. The summed E-state index contributed by atoms with van der Waals surface area (Å²) in [6.07, 6.45) is 7.45. The van der Waals surface area contributed by atoms with Crippen molar-refractivity contribution in [3.05, 3.63) is 71.8 Å². The Balaban J connectivity index is 0.000000374. The van der Waals surface area contributed by atoms with E-state index >= 15 is 0 Å². The van der Waals surface area contributed by atoms with Gasteiger partial charge < -0.3 is 41.0 Å². The Morgan fingerprint density at radius 3 is 2.00 bits per heavy atom. The van der Waals surface area contributed by atoms with Crippen LogP contribution in [0.2, 0.25) is 0 Å². The second kappa shape index (κ2) is 27.4. The summed E-state index contributed by atoms with van der Waals surface area (Å²) in [5.74, 6) is -1.39. The van der Waals surface area contributed by atoms with Crippen molar-refractivity contribution in [2.75, 3.05) is 53.4 Å². The summed E-state index contributed by atoms with van der Waals surface area (Å²) in [4.78, 5) is 86.7. The minimum absolute atomic E-state index is 0.00224. The fourth-order valence-corrected chi connectivity index (χ4v) is 6.65. The zero-order chi connectivity index (χ0) is 42.0. The van der Waals surface area contributed by atoms with E-state index in [1.165, 1.54) is 11.1 Å². The van der Waals surface area contributed by atoms with Crippen molar-refractivity contribution in [1.29, 1.82) is 0 Å². The van der Waals surface area contributed by atoms with E-state index in [1.807, 2.05) is 60.5 Å². The van der Waals surface area contributed by atoms with Gasteiger partial charge in [0.25, 0.3) is 0 Å². The molecule has 57 heavy (non-hydrogen) atoms. The third-order valence-electron chi connectivity index (χ3n) is 9.65. The standard InChI is InChI=1S/C23H36N4O6.C9H11NO.C7H8.C3H8N2O/c1-16(15-28)24-21(30)17-7-3-4-12-27(17)22(31)18-8-6-13-26(18)20(29)10-14-33-23(32)19-9-5-11-25(19)2;11-8-10-7-6-9-4-2-1-3-5-9;1-7-5-3-2-4-6-7;1-5-2-3(4)6/h15-19H,3-14H2,1-2H3,(H,24,30);1-5,8H,6-7H2,(H,10,11);2-6H,1H3;5H,2H2,1H3,(H2,4,6). The molecule has 2 aromatic rings. The van der Waals surface area contributed by atoms with Gasteiger partial charge in [-0.2, -0.15) is 0 Å². The Bertz CT molecular complexity index is 1530. The lowest BCUT2D eigenvalue weighted by Gasteiger charge is -2.38. The minimum atomic E-state index is -0.629. The van der Waals surface area contributed by atoms with Gasteiger partial charge in [-0.15, -0.1) is 0 Å². The van der Waals surface area contributed by atoms with Crippen molar-refractivity contribution in [1.82, 2.24) is 30.7 Å². The number of hydrogen-bond donors (Lipinski definition) is 4. The molecule has 0 aromatic heterocycles. The first-order valence-electron chi connectivity index (χ1n) is 19.8. The van der Waals surface area contributed by atoms with Crippen LogP contribution in [0, 0.1) is 6.92 Å². The van der Waals surface area contributed by atoms with Gasteiger partial charge in [0.1, 0.15) is 31.0 Å². The summed E-state index contributed by atoms with van der Waals surface area (Å²) in [7, 11) is 3.56. The van der Waals surface area contributed by atoms with Crippen molar-refractivity contribution >= 4 is 42.3 Å². The number of nitrogens with two attached hydrogens (primary N) is 1. The Morgan fingerprint density at radius 1 is 0.842 bits per heavy atom. The highest BCUT2D eigenvalue weighted by molar-refractivity contribution is 5.93. The summed E-state index contributed by atoms with van der Waals surface area (Å²) < 4.78 is 5.33. The molecule has 314 valence electrons. The lowest BCUT2D eigenvalue weighted by molar-refractivity contribution is -0.152. The molecule has 3 aliphatic heterocycles. The number of hydrogen-bond acceptors (Lipinski definition) is 10. The van der Waals surface area contributed by atoms with E-state index in [2.05, 4.69) is 35.0 Å². The highest BCUT2D eigenvalue weighted by atomic mass is 16.5. The molecule has 3 aliphatic rings. The van der Waals surface area contributed by atoms with Gasteiger partial charge in [-0.05, 0) is 91.4 Å². The van der Waals surface area contributed by atoms with Crippen LogP contribution in [-0.4, -0.2) is 135 Å². The molecule has 0 spiro atoms. The molecule has 5 amide bonds. The van der Waals surface area contributed by atoms with Gasteiger partial charge in [0.05, 0.1) is 19.0 Å². The zero-order valence-corrected chi connectivity index (χ0v) is 34.0. The van der Waals surface area contributed by atoms with Crippen LogP contribution in [0.1, 0.15) is 69.4 Å². The minimum Gasteiger partial charge on any atom is -0.464 e. The zero-order valence-electron chi connectivity index (χ0n) is 34.0. The molecule has 0 bridgehead atoms. The summed E-state index contributed by atoms with van der Waals surface area (Å²) in [5, 5.41) is 7.85. The van der Waals surface area contributed by atoms with Crippen LogP contribution in [0.5, 0.6) is 0 Å². The number of aldehydes is 1. The first-order chi connectivity index (χ1) is 27.4. The Morgan fingerprint density at radius 2 is 1.46 bits per heavy atom. The van der Waals surface area contributed by atoms with Gasteiger partial charge in [0.15, 0.2) is 0 Å². The first-order valence-corrected chi connectivity index (χ1v) is 19.8. The normalized spacial score (nSPS) is 19.1. The average Bonchev–Trinajstić information content (AvgIpc) is 3.89. The number of nitrogens with zero attached hydrogens (tertiary/aromatic N) is 3. The molecule has 2 aromatic carbocycles. The predicted octanol–water partition coefficient (Wildman–Crippen LogP) is 1.75. The van der Waals surface area contributed by atoms with E-state index in [4.69, 9.17) is 10.5 Å². The lowest BCUT2D eigenvalue weighted by Crippen LogP contribution is -2.57. The molecule has 4 atom stereocenters. The van der Waals surface area contributed by atoms with E-state index in [0.29, 0.717) is 45.2 Å². The monoisotopic (exact) mass is 793 g/mol. The second-order valence-electron chi connectivity index (χ2n) is 14.2. The number of primary amides is 1. The molecule has 3 saturated heterocycles. The van der Waals surface area contributed by atoms with Gasteiger partial charge in [-0.3, -0.25) is 33.7 Å². The van der Waals surface area contributed by atoms with Crippen LogP contribution in [0.15, 0.2) is 60.7 Å². The van der Waals surface area contributed by atoms with Crippen LogP contribution in [0.25, 0.3) is 0 Å². The van der Waals surface area contributed by atoms with Gasteiger partial charge in [0.2, 0.25) is 30.0 Å². The number of likely N-dealkylation sites (N-methyl/N-ethyl adjacent to an activating group) is 2. The largest absolute Gasteiger partial charge is 0.464 e. The molecule has 4 unspecified atom stereocenters. The molecular weight excluding hydrogens is 731 g/mol. The third kappa shape index (κ3) is 18.1. The summed E-state index contributed by atoms with van der Waals surface area (Å²) in [5.41, 5.74) is 7.28. The number of carbonyl (C=O) groups is 7.